The number of nitrogens with zero attached hydrogens (tertiary/aromatic N) is 2. The number of ketones is 1. The lowest BCUT2D eigenvalue weighted by molar-refractivity contribution is -0.124. The molecule has 3 heterocycles. The Bertz CT molecular complexity index is 1460. The molecule has 186 valence electrons. The van der Waals surface area contributed by atoms with Gasteiger partial charge in [0.05, 0.1) is 12.6 Å². The average molecular weight is 512 g/mol. The normalized spacial score (nSPS) is 18.8. The fourth-order valence-corrected chi connectivity index (χ4v) is 5.90. The van der Waals surface area contributed by atoms with Gasteiger partial charge in [0.2, 0.25) is 11.3 Å². The Morgan fingerprint density at radius 1 is 1.11 bits per heavy atom. The van der Waals surface area contributed by atoms with Crippen molar-refractivity contribution in [2.75, 3.05) is 11.6 Å². The van der Waals surface area contributed by atoms with Gasteiger partial charge in [-0.3, -0.25) is 24.1 Å². The number of hydrogen-bond acceptors (Lipinski definition) is 6. The van der Waals surface area contributed by atoms with Gasteiger partial charge in [-0.2, -0.15) is 0 Å². The highest BCUT2D eigenvalue weighted by Crippen LogP contribution is 2.44. The highest BCUT2D eigenvalue weighted by molar-refractivity contribution is 7.98. The van der Waals surface area contributed by atoms with Crippen LogP contribution in [-0.2, 0) is 10.5 Å². The molecular formula is C26H23F2N3O4S. The summed E-state index contributed by atoms with van der Waals surface area (Å²) in [5.41, 5.74) is 0.315. The van der Waals surface area contributed by atoms with E-state index in [-0.39, 0.29) is 29.6 Å². The maximum atomic E-state index is 15.0. The number of thioether (sulfide) groups is 1. The Kier molecular flexibility index (Phi) is 6.07. The van der Waals surface area contributed by atoms with Gasteiger partial charge in [0.25, 0.3) is 0 Å². The number of rotatable bonds is 3. The van der Waals surface area contributed by atoms with Crippen LogP contribution < -0.4 is 15.8 Å². The van der Waals surface area contributed by atoms with Crippen molar-refractivity contribution >= 4 is 23.5 Å². The summed E-state index contributed by atoms with van der Waals surface area (Å²) in [5, 5.41) is 15.0. The Balaban J connectivity index is 1.77. The van der Waals surface area contributed by atoms with Crippen molar-refractivity contribution < 1.29 is 23.5 Å². The number of halogens is 2. The third-order valence-electron chi connectivity index (χ3n) is 6.41. The molecule has 2 aromatic carbocycles. The molecule has 2 unspecified atom stereocenters. The molecule has 36 heavy (non-hydrogen) atoms. The van der Waals surface area contributed by atoms with Crippen molar-refractivity contribution in [3.05, 3.63) is 92.9 Å². The zero-order chi connectivity index (χ0) is 25.7. The van der Waals surface area contributed by atoms with Crippen molar-refractivity contribution in [3.8, 4) is 5.75 Å². The molecule has 0 bridgehead atoms. The molecular weight excluding hydrogens is 488 g/mol. The van der Waals surface area contributed by atoms with Gasteiger partial charge in [0.15, 0.2) is 28.9 Å². The number of pyridine rings is 1. The Morgan fingerprint density at radius 2 is 1.86 bits per heavy atom. The van der Waals surface area contributed by atoms with E-state index < -0.39 is 46.5 Å². The first kappa shape index (κ1) is 24.1. The van der Waals surface area contributed by atoms with Crippen LogP contribution in [-0.4, -0.2) is 34.1 Å². The monoisotopic (exact) mass is 511 g/mol. The second kappa shape index (κ2) is 9.09. The number of fused-ring (bicyclic) bond motifs is 3. The number of nitrogens with one attached hydrogen (secondary N) is 1. The summed E-state index contributed by atoms with van der Waals surface area (Å²) < 4.78 is 30.6. The van der Waals surface area contributed by atoms with Crippen molar-refractivity contribution in [1.82, 2.24) is 9.99 Å². The molecule has 0 saturated heterocycles. The van der Waals surface area contributed by atoms with E-state index in [1.54, 1.807) is 18.9 Å². The number of carbonyl (C=O) groups is 2. The lowest BCUT2D eigenvalue weighted by Gasteiger charge is -2.42. The van der Waals surface area contributed by atoms with E-state index >= 15 is 4.39 Å². The molecule has 10 heteroatoms. The van der Waals surface area contributed by atoms with Crippen LogP contribution in [0, 0.1) is 17.6 Å². The molecule has 0 fully saturated rings. The summed E-state index contributed by atoms with van der Waals surface area (Å²) in [4.78, 5) is 39.6. The molecule has 0 aliphatic carbocycles. The Hall–Kier alpha value is -3.66. The minimum absolute atomic E-state index is 0.116. The minimum atomic E-state index is -1.24. The number of aromatic nitrogens is 1. The number of carbonyl (C=O) groups excluding carboxylic acids is 2. The summed E-state index contributed by atoms with van der Waals surface area (Å²) in [7, 11) is 0. The quantitative estimate of drug-likeness (QED) is 0.523. The molecule has 0 spiro atoms. The van der Waals surface area contributed by atoms with E-state index in [1.807, 2.05) is 24.3 Å². The molecule has 2 N–H and O–H groups in total. The molecule has 0 saturated carbocycles. The molecule has 1 amide bonds. The van der Waals surface area contributed by atoms with E-state index in [9.17, 15) is 23.9 Å². The van der Waals surface area contributed by atoms with E-state index in [4.69, 9.17) is 0 Å². The van der Waals surface area contributed by atoms with E-state index in [0.29, 0.717) is 5.56 Å². The standard InChI is InChI=1S/C26H23F2N3O4S/c1-13(2)29-26(35)16-11-31(30-10-9-19(32)25(34)23(30)24(16)33)22-14-7-8-18(27)21(28)17(14)12-36-20-6-4-3-5-15(20)22/h3-10,13,16,22,34H,11-12H2,1-2H3,(H,29,35). The van der Waals surface area contributed by atoms with Crippen molar-refractivity contribution in [2.24, 2.45) is 5.92 Å². The summed E-state index contributed by atoms with van der Waals surface area (Å²) in [6.45, 7) is 3.39. The summed E-state index contributed by atoms with van der Waals surface area (Å²) >= 11 is 1.36. The second-order valence-electron chi connectivity index (χ2n) is 9.08. The smallest absolute Gasteiger partial charge is 0.233 e. The largest absolute Gasteiger partial charge is 0.503 e. The maximum Gasteiger partial charge on any atom is 0.233 e. The van der Waals surface area contributed by atoms with Crippen LogP contribution in [0.15, 0.2) is 58.4 Å². The van der Waals surface area contributed by atoms with Crippen molar-refractivity contribution in [3.63, 3.8) is 0 Å². The average Bonchev–Trinajstić information content (AvgIpc) is 3.00. The molecule has 0 radical (unpaired) electrons. The van der Waals surface area contributed by atoms with E-state index in [2.05, 4.69) is 5.32 Å². The number of hydrogen-bond donors (Lipinski definition) is 2. The third-order valence-corrected chi connectivity index (χ3v) is 7.52. The van der Waals surface area contributed by atoms with Gasteiger partial charge in [-0.05, 0) is 37.1 Å². The van der Waals surface area contributed by atoms with Crippen LogP contribution in [0.5, 0.6) is 5.75 Å². The lowest BCUT2D eigenvalue weighted by atomic mass is 9.90. The number of benzene rings is 2. The van der Waals surface area contributed by atoms with Gasteiger partial charge in [-0.1, -0.05) is 24.3 Å². The van der Waals surface area contributed by atoms with Crippen LogP contribution in [0.2, 0.25) is 0 Å². The predicted molar refractivity (Wildman–Crippen MR) is 131 cm³/mol. The topological polar surface area (TPSA) is 91.6 Å². The van der Waals surface area contributed by atoms with Crippen LogP contribution in [0.3, 0.4) is 0 Å². The van der Waals surface area contributed by atoms with Gasteiger partial charge in [0, 0.05) is 34.5 Å². The third kappa shape index (κ3) is 3.85. The molecule has 2 aliphatic rings. The summed E-state index contributed by atoms with van der Waals surface area (Å²) in [6.07, 6.45) is 1.35. The molecule has 5 rings (SSSR count). The van der Waals surface area contributed by atoms with E-state index in [0.717, 1.165) is 22.6 Å². The van der Waals surface area contributed by atoms with Crippen LogP contribution >= 0.6 is 11.8 Å². The fourth-order valence-electron chi connectivity index (χ4n) is 4.79. The highest BCUT2D eigenvalue weighted by atomic mass is 32.2. The fraction of sp³-hybridized carbons (Fsp3) is 0.269. The zero-order valence-corrected chi connectivity index (χ0v) is 20.3. The number of Topliss-reactive ketones (excluding diaryl/α,β-unsaturated/α-hetero) is 1. The van der Waals surface area contributed by atoms with Crippen LogP contribution in [0.25, 0.3) is 0 Å². The molecule has 2 atom stereocenters. The summed E-state index contributed by atoms with van der Waals surface area (Å²) in [6, 6.07) is 10.1. The first-order chi connectivity index (χ1) is 17.2. The van der Waals surface area contributed by atoms with Gasteiger partial charge in [-0.15, -0.1) is 11.8 Å². The highest BCUT2D eigenvalue weighted by Gasteiger charge is 2.43. The maximum absolute atomic E-state index is 15.0. The first-order valence-electron chi connectivity index (χ1n) is 11.4. The van der Waals surface area contributed by atoms with Gasteiger partial charge in [-0.25, -0.2) is 8.78 Å². The predicted octanol–water partition coefficient (Wildman–Crippen LogP) is 3.50. The van der Waals surface area contributed by atoms with Gasteiger partial charge >= 0.3 is 0 Å². The lowest BCUT2D eigenvalue weighted by Crippen LogP contribution is -2.55. The molecule has 2 aliphatic heterocycles. The SMILES string of the molecule is CC(C)NC(=O)C1CN(C2c3ccccc3SCc3c2ccc(F)c3F)n2ccc(=O)c(O)c2C1=O. The first-order valence-corrected chi connectivity index (χ1v) is 12.4. The second-order valence-corrected chi connectivity index (χ2v) is 10.1. The van der Waals surface area contributed by atoms with Crippen molar-refractivity contribution in [1.29, 1.82) is 0 Å². The molecule has 1 aromatic heterocycles. The number of amides is 1. The minimum Gasteiger partial charge on any atom is -0.503 e. The number of aromatic hydroxyl groups is 1. The van der Waals surface area contributed by atoms with Gasteiger partial charge in [0.1, 0.15) is 5.92 Å². The molecule has 3 aromatic rings. The van der Waals surface area contributed by atoms with Crippen molar-refractivity contribution in [2.45, 2.75) is 36.6 Å². The van der Waals surface area contributed by atoms with Crippen LogP contribution in [0.4, 0.5) is 8.78 Å². The zero-order valence-electron chi connectivity index (χ0n) is 19.5. The van der Waals surface area contributed by atoms with Crippen LogP contribution in [0.1, 0.15) is 47.1 Å². The molecule has 7 nitrogen and oxygen atoms in total. The van der Waals surface area contributed by atoms with E-state index in [1.165, 1.54) is 28.7 Å². The summed E-state index contributed by atoms with van der Waals surface area (Å²) in [5.74, 6) is -5.00. The Morgan fingerprint density at radius 3 is 2.61 bits per heavy atom. The van der Waals surface area contributed by atoms with Gasteiger partial charge < -0.3 is 10.4 Å². The Labute approximate surface area is 209 Å².